The molecule has 0 spiro atoms. The Kier molecular flexibility index (Phi) is 6.72. The molecule has 0 aliphatic heterocycles. The van der Waals surface area contributed by atoms with Gasteiger partial charge < -0.3 is 10.0 Å². The van der Waals surface area contributed by atoms with Gasteiger partial charge in [0.05, 0.1) is 6.10 Å². The summed E-state index contributed by atoms with van der Waals surface area (Å²) >= 11 is 1.85. The van der Waals surface area contributed by atoms with Gasteiger partial charge in [-0.2, -0.15) is 0 Å². The minimum Gasteiger partial charge on any atom is -0.393 e. The number of nitrogens with zero attached hydrogens (tertiary/aromatic N) is 1. The first-order valence-electron chi connectivity index (χ1n) is 8.50. The second-order valence-electron chi connectivity index (χ2n) is 6.87. The standard InChI is InChI=1S/C18H31NOS/c1-4-6-15-8-9-18(20)16(12-15)13-19(3)14(2)11-17-7-5-10-21-17/h5,7,10,14-16,18,20H,4,6,8-9,11-13H2,1-3H3. The Labute approximate surface area is 134 Å². The number of thiophene rings is 1. The zero-order valence-corrected chi connectivity index (χ0v) is 14.6. The van der Waals surface area contributed by atoms with Gasteiger partial charge in [0.1, 0.15) is 0 Å². The smallest absolute Gasteiger partial charge is 0.0580 e. The van der Waals surface area contributed by atoms with Crippen molar-refractivity contribution in [1.29, 1.82) is 0 Å². The van der Waals surface area contributed by atoms with Crippen LogP contribution < -0.4 is 0 Å². The molecule has 4 atom stereocenters. The van der Waals surface area contributed by atoms with Gasteiger partial charge in [0, 0.05) is 17.5 Å². The van der Waals surface area contributed by atoms with Gasteiger partial charge in [-0.15, -0.1) is 11.3 Å². The molecule has 1 fully saturated rings. The molecule has 1 aromatic rings. The van der Waals surface area contributed by atoms with Crippen LogP contribution >= 0.6 is 11.3 Å². The molecule has 4 unspecified atom stereocenters. The Hall–Kier alpha value is -0.380. The predicted octanol–water partition coefficient (Wildman–Crippen LogP) is 4.19. The van der Waals surface area contributed by atoms with Crippen molar-refractivity contribution in [3.05, 3.63) is 22.4 Å². The Morgan fingerprint density at radius 2 is 2.24 bits per heavy atom. The Balaban J connectivity index is 1.83. The van der Waals surface area contributed by atoms with Crippen LogP contribution in [0.4, 0.5) is 0 Å². The Bertz CT molecular complexity index is 392. The van der Waals surface area contributed by atoms with Crippen molar-refractivity contribution in [2.75, 3.05) is 13.6 Å². The van der Waals surface area contributed by atoms with Crippen molar-refractivity contribution in [3.8, 4) is 0 Å². The van der Waals surface area contributed by atoms with Gasteiger partial charge in [-0.1, -0.05) is 25.8 Å². The van der Waals surface area contributed by atoms with Gasteiger partial charge in [0.2, 0.25) is 0 Å². The molecule has 2 nitrogen and oxygen atoms in total. The highest BCUT2D eigenvalue weighted by Gasteiger charge is 2.30. The first kappa shape index (κ1) is 17.0. The monoisotopic (exact) mass is 309 g/mol. The molecule has 1 aliphatic carbocycles. The third kappa shape index (κ3) is 5.08. The van der Waals surface area contributed by atoms with E-state index < -0.39 is 0 Å². The summed E-state index contributed by atoms with van der Waals surface area (Å²) in [6, 6.07) is 4.90. The van der Waals surface area contributed by atoms with E-state index in [1.807, 2.05) is 11.3 Å². The molecule has 0 aromatic carbocycles. The van der Waals surface area contributed by atoms with Crippen molar-refractivity contribution in [2.45, 2.75) is 64.5 Å². The molecule has 120 valence electrons. The number of likely N-dealkylation sites (N-methyl/N-ethyl adjacent to an activating group) is 1. The second-order valence-corrected chi connectivity index (χ2v) is 7.90. The van der Waals surface area contributed by atoms with Gasteiger partial charge in [-0.3, -0.25) is 0 Å². The van der Waals surface area contributed by atoms with E-state index in [4.69, 9.17) is 0 Å². The lowest BCUT2D eigenvalue weighted by Gasteiger charge is -2.37. The number of hydrogen-bond acceptors (Lipinski definition) is 3. The van der Waals surface area contributed by atoms with Crippen LogP contribution in [0, 0.1) is 11.8 Å². The normalized spacial score (nSPS) is 28.0. The molecule has 0 amide bonds. The molecule has 1 N–H and O–H groups in total. The van der Waals surface area contributed by atoms with Gasteiger partial charge in [0.15, 0.2) is 0 Å². The maximum absolute atomic E-state index is 10.3. The molecule has 1 heterocycles. The number of aliphatic hydroxyl groups excluding tert-OH is 1. The molecule has 2 rings (SSSR count). The van der Waals surface area contributed by atoms with Crippen molar-refractivity contribution in [1.82, 2.24) is 4.90 Å². The summed E-state index contributed by atoms with van der Waals surface area (Å²) < 4.78 is 0. The Morgan fingerprint density at radius 1 is 1.43 bits per heavy atom. The topological polar surface area (TPSA) is 23.5 Å². The van der Waals surface area contributed by atoms with E-state index in [9.17, 15) is 5.11 Å². The minimum atomic E-state index is -0.0884. The van der Waals surface area contributed by atoms with Crippen LogP contribution in [-0.4, -0.2) is 35.7 Å². The average molecular weight is 310 g/mol. The Morgan fingerprint density at radius 3 is 2.90 bits per heavy atom. The molecule has 1 saturated carbocycles. The summed E-state index contributed by atoms with van der Waals surface area (Å²) in [5.41, 5.74) is 0. The lowest BCUT2D eigenvalue weighted by molar-refractivity contribution is 0.0244. The van der Waals surface area contributed by atoms with E-state index in [2.05, 4.69) is 43.3 Å². The van der Waals surface area contributed by atoms with E-state index in [0.717, 1.165) is 25.3 Å². The van der Waals surface area contributed by atoms with Crippen molar-refractivity contribution < 1.29 is 5.11 Å². The van der Waals surface area contributed by atoms with E-state index >= 15 is 0 Å². The highest BCUT2D eigenvalue weighted by Crippen LogP contribution is 2.33. The third-order valence-electron chi connectivity index (χ3n) is 5.10. The number of aliphatic hydroxyl groups is 1. The summed E-state index contributed by atoms with van der Waals surface area (Å²) in [6.07, 6.45) is 7.08. The molecule has 0 saturated heterocycles. The molecular weight excluding hydrogens is 278 g/mol. The molecule has 0 bridgehead atoms. The van der Waals surface area contributed by atoms with Gasteiger partial charge >= 0.3 is 0 Å². The summed E-state index contributed by atoms with van der Waals surface area (Å²) in [4.78, 5) is 3.91. The van der Waals surface area contributed by atoms with Crippen LogP contribution in [0.25, 0.3) is 0 Å². The van der Waals surface area contributed by atoms with Crippen LogP contribution in [0.3, 0.4) is 0 Å². The quantitative estimate of drug-likeness (QED) is 0.816. The van der Waals surface area contributed by atoms with Gasteiger partial charge in [-0.25, -0.2) is 0 Å². The van der Waals surface area contributed by atoms with E-state index in [-0.39, 0.29) is 6.10 Å². The largest absolute Gasteiger partial charge is 0.393 e. The first-order chi connectivity index (χ1) is 10.1. The van der Waals surface area contributed by atoms with Crippen molar-refractivity contribution in [3.63, 3.8) is 0 Å². The summed E-state index contributed by atoms with van der Waals surface area (Å²) in [7, 11) is 2.22. The SMILES string of the molecule is CCCC1CCC(O)C(CN(C)C(C)Cc2cccs2)C1. The van der Waals surface area contributed by atoms with Crippen LogP contribution in [0.2, 0.25) is 0 Å². The molecule has 1 aromatic heterocycles. The maximum Gasteiger partial charge on any atom is 0.0580 e. The number of hydrogen-bond donors (Lipinski definition) is 1. The predicted molar refractivity (Wildman–Crippen MR) is 91.9 cm³/mol. The van der Waals surface area contributed by atoms with Crippen LogP contribution in [0.5, 0.6) is 0 Å². The number of rotatable bonds is 7. The first-order valence-corrected chi connectivity index (χ1v) is 9.38. The fraction of sp³-hybridized carbons (Fsp3) is 0.778. The highest BCUT2D eigenvalue weighted by molar-refractivity contribution is 7.09. The molecule has 21 heavy (non-hydrogen) atoms. The maximum atomic E-state index is 10.3. The minimum absolute atomic E-state index is 0.0884. The van der Waals surface area contributed by atoms with E-state index in [1.165, 1.54) is 30.6 Å². The van der Waals surface area contributed by atoms with Crippen molar-refractivity contribution >= 4 is 11.3 Å². The fourth-order valence-electron chi connectivity index (χ4n) is 3.64. The van der Waals surface area contributed by atoms with E-state index in [1.54, 1.807) is 0 Å². The lowest BCUT2D eigenvalue weighted by atomic mass is 9.77. The third-order valence-corrected chi connectivity index (χ3v) is 6.00. The van der Waals surface area contributed by atoms with Crippen LogP contribution in [0.1, 0.15) is 50.8 Å². The van der Waals surface area contributed by atoms with Crippen molar-refractivity contribution in [2.24, 2.45) is 11.8 Å². The van der Waals surface area contributed by atoms with E-state index in [0.29, 0.717) is 12.0 Å². The lowest BCUT2D eigenvalue weighted by Crippen LogP contribution is -2.41. The second kappa shape index (κ2) is 8.30. The highest BCUT2D eigenvalue weighted by atomic mass is 32.1. The summed E-state index contributed by atoms with van der Waals surface area (Å²) in [5.74, 6) is 1.30. The molecule has 1 aliphatic rings. The zero-order chi connectivity index (χ0) is 15.2. The molecule has 0 radical (unpaired) electrons. The summed E-state index contributed by atoms with van der Waals surface area (Å²) in [5, 5.41) is 12.5. The summed E-state index contributed by atoms with van der Waals surface area (Å²) in [6.45, 7) is 5.61. The van der Waals surface area contributed by atoms with Gasteiger partial charge in [-0.05, 0) is 62.9 Å². The van der Waals surface area contributed by atoms with Crippen LogP contribution in [0.15, 0.2) is 17.5 Å². The van der Waals surface area contributed by atoms with Crippen LogP contribution in [-0.2, 0) is 6.42 Å². The molecule has 3 heteroatoms. The zero-order valence-electron chi connectivity index (χ0n) is 13.8. The molecular formula is C18H31NOS. The van der Waals surface area contributed by atoms with Gasteiger partial charge in [0.25, 0.3) is 0 Å². The average Bonchev–Trinajstić information content (AvgIpc) is 2.95. The fourth-order valence-corrected chi connectivity index (χ4v) is 4.46.